The van der Waals surface area contributed by atoms with Crippen LogP contribution in [0, 0.1) is 5.92 Å². The number of piperidine rings is 1. The molecule has 0 radical (unpaired) electrons. The van der Waals surface area contributed by atoms with Crippen molar-refractivity contribution < 1.29 is 0 Å². The van der Waals surface area contributed by atoms with Crippen LogP contribution < -0.4 is 5.32 Å². The maximum Gasteiger partial charge on any atom is 0.0951 e. The molecule has 102 valence electrons. The highest BCUT2D eigenvalue weighted by Crippen LogP contribution is 2.27. The molecule has 1 saturated heterocycles. The molecule has 1 aromatic rings. The Kier molecular flexibility index (Phi) is 4.81. The summed E-state index contributed by atoms with van der Waals surface area (Å²) in [7, 11) is 0. The van der Waals surface area contributed by atoms with Gasteiger partial charge in [-0.05, 0) is 38.6 Å². The quantitative estimate of drug-likeness (QED) is 0.862. The van der Waals surface area contributed by atoms with Crippen molar-refractivity contribution in [2.45, 2.75) is 65.0 Å². The van der Waals surface area contributed by atoms with Crippen LogP contribution >= 0.6 is 0 Å². The molecule has 1 aliphatic rings. The maximum atomic E-state index is 4.37. The van der Waals surface area contributed by atoms with Crippen molar-refractivity contribution >= 4 is 0 Å². The van der Waals surface area contributed by atoms with Gasteiger partial charge in [0, 0.05) is 18.3 Å². The molecule has 3 heteroatoms. The second-order valence-corrected chi connectivity index (χ2v) is 5.83. The Hall–Kier alpha value is -0.830. The van der Waals surface area contributed by atoms with Gasteiger partial charge in [0.15, 0.2) is 0 Å². The molecule has 0 saturated carbocycles. The Balaban J connectivity index is 2.06. The zero-order valence-electron chi connectivity index (χ0n) is 12.0. The van der Waals surface area contributed by atoms with Crippen molar-refractivity contribution in [2.24, 2.45) is 5.92 Å². The van der Waals surface area contributed by atoms with Crippen LogP contribution in [0.3, 0.4) is 0 Å². The molecule has 2 rings (SSSR count). The molecule has 0 aliphatic carbocycles. The minimum atomic E-state index is 0.514. The summed E-state index contributed by atoms with van der Waals surface area (Å²) in [6, 6.07) is 1.07. The predicted molar refractivity (Wildman–Crippen MR) is 75.6 cm³/mol. The summed E-state index contributed by atoms with van der Waals surface area (Å²) in [6.07, 6.45) is 10.5. The molecule has 0 bridgehead atoms. The first-order valence-corrected chi connectivity index (χ1v) is 7.47. The van der Waals surface area contributed by atoms with Gasteiger partial charge in [0.1, 0.15) is 0 Å². The molecule has 0 amide bonds. The summed E-state index contributed by atoms with van der Waals surface area (Å²) in [5.41, 5.74) is 1.38. The number of rotatable bonds is 5. The van der Waals surface area contributed by atoms with Crippen LogP contribution in [0.4, 0.5) is 0 Å². The lowest BCUT2D eigenvalue weighted by molar-refractivity contribution is 0.354. The van der Waals surface area contributed by atoms with E-state index >= 15 is 0 Å². The van der Waals surface area contributed by atoms with Crippen LogP contribution in [0.2, 0.25) is 0 Å². The van der Waals surface area contributed by atoms with Gasteiger partial charge >= 0.3 is 0 Å². The summed E-state index contributed by atoms with van der Waals surface area (Å²) in [4.78, 5) is 4.37. The van der Waals surface area contributed by atoms with Gasteiger partial charge < -0.3 is 9.88 Å². The summed E-state index contributed by atoms with van der Waals surface area (Å²) in [6.45, 7) is 8.08. The average molecular weight is 249 g/mol. The number of nitrogens with one attached hydrogen (secondary N) is 1. The van der Waals surface area contributed by atoms with Crippen molar-refractivity contribution in [3.8, 4) is 0 Å². The average Bonchev–Trinajstić information content (AvgIpc) is 2.88. The molecule has 0 aromatic carbocycles. The Morgan fingerprint density at radius 2 is 2.28 bits per heavy atom. The Labute approximate surface area is 111 Å². The van der Waals surface area contributed by atoms with E-state index in [-0.39, 0.29) is 0 Å². The van der Waals surface area contributed by atoms with Gasteiger partial charge in [0.25, 0.3) is 0 Å². The summed E-state index contributed by atoms with van der Waals surface area (Å²) in [5.74, 6) is 0.787. The van der Waals surface area contributed by atoms with E-state index in [9.17, 15) is 0 Å². The second kappa shape index (κ2) is 6.37. The topological polar surface area (TPSA) is 29.9 Å². The first-order valence-electron chi connectivity index (χ1n) is 7.47. The molecule has 3 nitrogen and oxygen atoms in total. The number of hydrogen-bond acceptors (Lipinski definition) is 2. The highest BCUT2D eigenvalue weighted by molar-refractivity contribution is 5.07. The van der Waals surface area contributed by atoms with E-state index < -0.39 is 0 Å². The van der Waals surface area contributed by atoms with Crippen LogP contribution in [0.15, 0.2) is 12.5 Å². The molecule has 2 heterocycles. The van der Waals surface area contributed by atoms with Crippen LogP contribution in [0.25, 0.3) is 0 Å². The maximum absolute atomic E-state index is 4.37. The predicted octanol–water partition coefficient (Wildman–Crippen LogP) is 3.69. The Morgan fingerprint density at radius 1 is 1.44 bits per heavy atom. The number of aromatic nitrogens is 2. The Bertz CT molecular complexity index is 352. The lowest BCUT2D eigenvalue weighted by atomic mass is 9.98. The van der Waals surface area contributed by atoms with Gasteiger partial charge in [-0.15, -0.1) is 0 Å². The molecule has 3 unspecified atom stereocenters. The third-order valence-corrected chi connectivity index (χ3v) is 4.28. The zero-order valence-corrected chi connectivity index (χ0v) is 12.0. The van der Waals surface area contributed by atoms with E-state index in [2.05, 4.69) is 41.8 Å². The van der Waals surface area contributed by atoms with Crippen molar-refractivity contribution in [1.29, 1.82) is 0 Å². The molecular formula is C15H27N3. The standard InChI is InChI=1S/C15H27N3/c1-4-12(2)9-13(3)18-11-16-10-15(18)14-7-5-6-8-17-14/h10-14,17H,4-9H2,1-3H3. The summed E-state index contributed by atoms with van der Waals surface area (Å²) in [5, 5.41) is 3.62. The molecule has 0 spiro atoms. The Morgan fingerprint density at radius 3 is 2.94 bits per heavy atom. The van der Waals surface area contributed by atoms with Crippen LogP contribution in [0.5, 0.6) is 0 Å². The monoisotopic (exact) mass is 249 g/mol. The van der Waals surface area contributed by atoms with Gasteiger partial charge in [0.05, 0.1) is 12.0 Å². The largest absolute Gasteiger partial charge is 0.330 e. The van der Waals surface area contributed by atoms with Crippen molar-refractivity contribution in [3.05, 3.63) is 18.2 Å². The van der Waals surface area contributed by atoms with Gasteiger partial charge in [-0.25, -0.2) is 4.98 Å². The second-order valence-electron chi connectivity index (χ2n) is 5.83. The van der Waals surface area contributed by atoms with Crippen LogP contribution in [0.1, 0.15) is 70.7 Å². The van der Waals surface area contributed by atoms with Gasteiger partial charge in [-0.2, -0.15) is 0 Å². The fraction of sp³-hybridized carbons (Fsp3) is 0.800. The van der Waals surface area contributed by atoms with Gasteiger partial charge in [0.2, 0.25) is 0 Å². The SMILES string of the molecule is CCC(C)CC(C)n1cncc1C1CCCCN1. The summed E-state index contributed by atoms with van der Waals surface area (Å²) < 4.78 is 2.38. The normalized spacial score (nSPS) is 23.8. The fourth-order valence-corrected chi connectivity index (χ4v) is 2.92. The van der Waals surface area contributed by atoms with Crippen LogP contribution in [-0.4, -0.2) is 16.1 Å². The highest BCUT2D eigenvalue weighted by Gasteiger charge is 2.20. The molecule has 1 N–H and O–H groups in total. The first kappa shape index (κ1) is 13.6. The third-order valence-electron chi connectivity index (χ3n) is 4.28. The number of nitrogens with zero attached hydrogens (tertiary/aromatic N) is 2. The summed E-state index contributed by atoms with van der Waals surface area (Å²) >= 11 is 0. The smallest absolute Gasteiger partial charge is 0.0951 e. The fourth-order valence-electron chi connectivity index (χ4n) is 2.92. The van der Waals surface area contributed by atoms with Crippen molar-refractivity contribution in [2.75, 3.05) is 6.54 Å². The molecular weight excluding hydrogens is 222 g/mol. The minimum Gasteiger partial charge on any atom is -0.330 e. The van der Waals surface area contributed by atoms with E-state index in [1.54, 1.807) is 0 Å². The van der Waals surface area contributed by atoms with Crippen molar-refractivity contribution in [3.63, 3.8) is 0 Å². The molecule has 1 aromatic heterocycles. The molecule has 1 fully saturated rings. The van der Waals surface area contributed by atoms with E-state index in [4.69, 9.17) is 0 Å². The lowest BCUT2D eigenvalue weighted by Gasteiger charge is -2.27. The molecule has 3 atom stereocenters. The van der Waals surface area contributed by atoms with E-state index in [1.165, 1.54) is 37.8 Å². The molecule has 18 heavy (non-hydrogen) atoms. The van der Waals surface area contributed by atoms with E-state index in [0.29, 0.717) is 12.1 Å². The number of hydrogen-bond donors (Lipinski definition) is 1. The van der Waals surface area contributed by atoms with E-state index in [0.717, 1.165) is 12.5 Å². The lowest BCUT2D eigenvalue weighted by Crippen LogP contribution is -2.29. The molecule has 1 aliphatic heterocycles. The third kappa shape index (κ3) is 3.14. The van der Waals surface area contributed by atoms with E-state index in [1.807, 2.05) is 6.33 Å². The van der Waals surface area contributed by atoms with Crippen LogP contribution in [-0.2, 0) is 0 Å². The minimum absolute atomic E-state index is 0.514. The van der Waals surface area contributed by atoms with Gasteiger partial charge in [-0.3, -0.25) is 0 Å². The number of imidazole rings is 1. The van der Waals surface area contributed by atoms with Crippen molar-refractivity contribution in [1.82, 2.24) is 14.9 Å². The van der Waals surface area contributed by atoms with Gasteiger partial charge in [-0.1, -0.05) is 26.7 Å². The first-order chi connectivity index (χ1) is 8.72. The zero-order chi connectivity index (χ0) is 13.0. The highest BCUT2D eigenvalue weighted by atomic mass is 15.1.